The minimum absolute atomic E-state index is 0.164. The molecule has 1 fully saturated rings. The van der Waals surface area contributed by atoms with Crippen LogP contribution in [-0.2, 0) is 0 Å². The fraction of sp³-hybridized carbons (Fsp3) is 0.562. The third-order valence-electron chi connectivity index (χ3n) is 4.40. The smallest absolute Gasteiger partial charge is 0.174 e. The molecule has 1 saturated heterocycles. The molecule has 0 saturated carbocycles. The monoisotopic (exact) mass is 277 g/mol. The summed E-state index contributed by atoms with van der Waals surface area (Å²) < 4.78 is 10.6. The molecule has 1 aliphatic heterocycles. The number of benzene rings is 1. The quantitative estimate of drug-likeness (QED) is 0.840. The Bertz CT molecular complexity index is 490. The predicted molar refractivity (Wildman–Crippen MR) is 78.6 cm³/mol. The molecule has 0 aliphatic carbocycles. The van der Waals surface area contributed by atoms with Gasteiger partial charge in [-0.05, 0) is 31.0 Å². The molecule has 1 aromatic rings. The van der Waals surface area contributed by atoms with Crippen molar-refractivity contribution in [3.63, 3.8) is 0 Å². The average molecular weight is 277 g/mol. The SMILES string of the molecule is COc1ccc(C(=O)C2(C(C)C)CCNC2)c(OC)c1. The summed E-state index contributed by atoms with van der Waals surface area (Å²) in [6.45, 7) is 5.85. The van der Waals surface area contributed by atoms with Gasteiger partial charge in [-0.25, -0.2) is 0 Å². The molecule has 0 amide bonds. The number of methoxy groups -OCH3 is 2. The van der Waals surface area contributed by atoms with Gasteiger partial charge in [-0.1, -0.05) is 13.8 Å². The van der Waals surface area contributed by atoms with Gasteiger partial charge in [0.25, 0.3) is 0 Å². The molecular weight excluding hydrogens is 254 g/mol. The number of ketones is 1. The van der Waals surface area contributed by atoms with Crippen LogP contribution in [0.3, 0.4) is 0 Å². The zero-order valence-corrected chi connectivity index (χ0v) is 12.7. The lowest BCUT2D eigenvalue weighted by Crippen LogP contribution is -2.38. The van der Waals surface area contributed by atoms with Crippen molar-refractivity contribution in [2.75, 3.05) is 27.3 Å². The number of ether oxygens (including phenoxy) is 2. The second-order valence-corrected chi connectivity index (χ2v) is 5.63. The molecule has 20 heavy (non-hydrogen) atoms. The third-order valence-corrected chi connectivity index (χ3v) is 4.40. The highest BCUT2D eigenvalue weighted by Crippen LogP contribution is 2.40. The predicted octanol–water partition coefficient (Wildman–Crippen LogP) is 2.52. The van der Waals surface area contributed by atoms with Crippen molar-refractivity contribution >= 4 is 5.78 Å². The zero-order chi connectivity index (χ0) is 14.8. The summed E-state index contributed by atoms with van der Waals surface area (Å²) in [5, 5.41) is 3.32. The molecule has 1 unspecified atom stereocenters. The van der Waals surface area contributed by atoms with Crippen molar-refractivity contribution in [3.05, 3.63) is 23.8 Å². The number of carbonyl (C=O) groups excluding carboxylic acids is 1. The van der Waals surface area contributed by atoms with E-state index < -0.39 is 0 Å². The Morgan fingerprint density at radius 3 is 2.55 bits per heavy atom. The van der Waals surface area contributed by atoms with Crippen LogP contribution in [0.4, 0.5) is 0 Å². The van der Waals surface area contributed by atoms with Crippen molar-refractivity contribution in [2.45, 2.75) is 20.3 Å². The van der Waals surface area contributed by atoms with Gasteiger partial charge < -0.3 is 14.8 Å². The van der Waals surface area contributed by atoms with Gasteiger partial charge in [-0.3, -0.25) is 4.79 Å². The van der Waals surface area contributed by atoms with E-state index in [-0.39, 0.29) is 17.1 Å². The van der Waals surface area contributed by atoms with Gasteiger partial charge in [0.2, 0.25) is 0 Å². The maximum absolute atomic E-state index is 13.0. The van der Waals surface area contributed by atoms with Crippen molar-refractivity contribution in [2.24, 2.45) is 11.3 Å². The molecule has 0 bridgehead atoms. The molecule has 4 nitrogen and oxygen atoms in total. The van der Waals surface area contributed by atoms with E-state index in [2.05, 4.69) is 19.2 Å². The summed E-state index contributed by atoms with van der Waals surface area (Å²) >= 11 is 0. The Labute approximate surface area is 120 Å². The first-order valence-corrected chi connectivity index (χ1v) is 7.02. The summed E-state index contributed by atoms with van der Waals surface area (Å²) in [6.07, 6.45) is 0.874. The first kappa shape index (κ1) is 14.9. The van der Waals surface area contributed by atoms with Gasteiger partial charge in [-0.15, -0.1) is 0 Å². The maximum atomic E-state index is 13.0. The highest BCUT2D eigenvalue weighted by Gasteiger charge is 2.44. The summed E-state index contributed by atoms with van der Waals surface area (Å²) in [7, 11) is 3.19. The van der Waals surface area contributed by atoms with Crippen LogP contribution in [0.2, 0.25) is 0 Å². The van der Waals surface area contributed by atoms with Crippen LogP contribution in [-0.4, -0.2) is 33.1 Å². The number of hydrogen-bond donors (Lipinski definition) is 1. The highest BCUT2D eigenvalue weighted by molar-refractivity contribution is 6.03. The van der Waals surface area contributed by atoms with Crippen LogP contribution in [0.15, 0.2) is 18.2 Å². The minimum atomic E-state index is -0.331. The van der Waals surface area contributed by atoms with Crippen LogP contribution in [0.1, 0.15) is 30.6 Å². The lowest BCUT2D eigenvalue weighted by molar-refractivity contribution is 0.0736. The van der Waals surface area contributed by atoms with Crippen LogP contribution in [0.25, 0.3) is 0 Å². The molecule has 0 spiro atoms. The molecule has 1 N–H and O–H groups in total. The first-order chi connectivity index (χ1) is 9.55. The fourth-order valence-electron chi connectivity index (χ4n) is 2.91. The molecule has 0 aromatic heterocycles. The Hall–Kier alpha value is -1.55. The molecule has 2 rings (SSSR count). The molecule has 0 radical (unpaired) electrons. The highest BCUT2D eigenvalue weighted by atomic mass is 16.5. The number of rotatable bonds is 5. The van der Waals surface area contributed by atoms with Gasteiger partial charge in [0.05, 0.1) is 19.8 Å². The molecule has 1 aromatic carbocycles. The Morgan fingerprint density at radius 2 is 2.05 bits per heavy atom. The van der Waals surface area contributed by atoms with Crippen molar-refractivity contribution in [3.8, 4) is 11.5 Å². The van der Waals surface area contributed by atoms with E-state index in [4.69, 9.17) is 9.47 Å². The van der Waals surface area contributed by atoms with Gasteiger partial charge >= 0.3 is 0 Å². The summed E-state index contributed by atoms with van der Waals surface area (Å²) in [6, 6.07) is 5.39. The summed E-state index contributed by atoms with van der Waals surface area (Å²) in [5.74, 6) is 1.73. The molecule has 1 atom stereocenters. The standard InChI is InChI=1S/C16H23NO3/c1-11(2)16(7-8-17-10-16)15(18)13-6-5-12(19-3)9-14(13)20-4/h5-6,9,11,17H,7-8,10H2,1-4H3. The molecule has 4 heteroatoms. The third kappa shape index (κ3) is 2.40. The van der Waals surface area contributed by atoms with Crippen molar-refractivity contribution in [1.29, 1.82) is 0 Å². The van der Waals surface area contributed by atoms with Gasteiger partial charge in [-0.2, -0.15) is 0 Å². The summed E-state index contributed by atoms with van der Waals surface area (Å²) in [4.78, 5) is 13.0. The molecule has 110 valence electrons. The molecule has 1 heterocycles. The average Bonchev–Trinajstić information content (AvgIpc) is 2.96. The topological polar surface area (TPSA) is 47.6 Å². The van der Waals surface area contributed by atoms with Crippen LogP contribution >= 0.6 is 0 Å². The largest absolute Gasteiger partial charge is 0.497 e. The first-order valence-electron chi connectivity index (χ1n) is 7.02. The minimum Gasteiger partial charge on any atom is -0.497 e. The fourth-order valence-corrected chi connectivity index (χ4v) is 2.91. The van der Waals surface area contributed by atoms with E-state index in [1.54, 1.807) is 20.3 Å². The lowest BCUT2D eigenvalue weighted by atomic mass is 9.71. The normalized spacial score (nSPS) is 22.1. The second kappa shape index (κ2) is 5.83. The van der Waals surface area contributed by atoms with Crippen molar-refractivity contribution in [1.82, 2.24) is 5.32 Å². The lowest BCUT2D eigenvalue weighted by Gasteiger charge is -2.31. The van der Waals surface area contributed by atoms with E-state index in [0.717, 1.165) is 19.5 Å². The van der Waals surface area contributed by atoms with Crippen LogP contribution in [0, 0.1) is 11.3 Å². The van der Waals surface area contributed by atoms with Gasteiger partial charge in [0, 0.05) is 18.0 Å². The van der Waals surface area contributed by atoms with E-state index in [0.29, 0.717) is 17.1 Å². The Balaban J connectivity index is 2.42. The number of Topliss-reactive ketones (excluding diaryl/α,β-unsaturated/α-hetero) is 1. The van der Waals surface area contributed by atoms with Crippen LogP contribution < -0.4 is 14.8 Å². The number of hydrogen-bond acceptors (Lipinski definition) is 4. The zero-order valence-electron chi connectivity index (χ0n) is 12.7. The number of carbonyl (C=O) groups is 1. The molecule has 1 aliphatic rings. The van der Waals surface area contributed by atoms with Gasteiger partial charge in [0.15, 0.2) is 5.78 Å². The van der Waals surface area contributed by atoms with Crippen molar-refractivity contribution < 1.29 is 14.3 Å². The summed E-state index contributed by atoms with van der Waals surface area (Å²) in [5.41, 5.74) is 0.313. The van der Waals surface area contributed by atoms with E-state index in [1.807, 2.05) is 12.1 Å². The molecular formula is C16H23NO3. The maximum Gasteiger partial charge on any atom is 0.174 e. The Morgan fingerprint density at radius 1 is 1.30 bits per heavy atom. The Kier molecular flexibility index (Phi) is 4.33. The van der Waals surface area contributed by atoms with E-state index in [1.165, 1.54) is 0 Å². The number of nitrogens with one attached hydrogen (secondary N) is 1. The van der Waals surface area contributed by atoms with Crippen LogP contribution in [0.5, 0.6) is 11.5 Å². The van der Waals surface area contributed by atoms with E-state index >= 15 is 0 Å². The van der Waals surface area contributed by atoms with E-state index in [9.17, 15) is 4.79 Å². The van der Waals surface area contributed by atoms with Gasteiger partial charge in [0.1, 0.15) is 11.5 Å². The second-order valence-electron chi connectivity index (χ2n) is 5.63.